The van der Waals surface area contributed by atoms with Gasteiger partial charge in [-0.25, -0.2) is 9.37 Å². The first-order valence-corrected chi connectivity index (χ1v) is 6.92. The summed E-state index contributed by atoms with van der Waals surface area (Å²) < 4.78 is 15.6. The molecule has 0 unspecified atom stereocenters. The van der Waals surface area contributed by atoms with Crippen LogP contribution in [0.1, 0.15) is 11.4 Å². The number of nitrogens with one attached hydrogen (secondary N) is 2. The topological polar surface area (TPSA) is 93.4 Å². The van der Waals surface area contributed by atoms with Gasteiger partial charge in [0.25, 0.3) is 0 Å². The molecule has 0 spiro atoms. The number of hydrogen-bond donors (Lipinski definition) is 2. The second-order valence-corrected chi connectivity index (χ2v) is 4.90. The summed E-state index contributed by atoms with van der Waals surface area (Å²) in [6, 6.07) is 4.53. The summed E-state index contributed by atoms with van der Waals surface area (Å²) in [7, 11) is 1.76. The number of benzene rings is 1. The molecule has 0 amide bonds. The molecule has 8 nitrogen and oxygen atoms in total. The zero-order valence-corrected chi connectivity index (χ0v) is 12.9. The standard InChI is InChI=1S/C14H15FN8/c1-8-7-17-14(19-13(8)16-3)18-12-6-10(4-5-11(12)15)23-9(2)20-21-22-23/h4-7H,1-3H3,(H2,16,17,18,19). The van der Waals surface area contributed by atoms with Crippen LogP contribution in [0, 0.1) is 19.7 Å². The summed E-state index contributed by atoms with van der Waals surface area (Å²) in [4.78, 5) is 8.45. The van der Waals surface area contributed by atoms with E-state index in [9.17, 15) is 4.39 Å². The summed E-state index contributed by atoms with van der Waals surface area (Å²) in [5, 5.41) is 17.1. The van der Waals surface area contributed by atoms with Gasteiger partial charge in [0.15, 0.2) is 5.82 Å². The van der Waals surface area contributed by atoms with Crippen LogP contribution in [0.2, 0.25) is 0 Å². The average molecular weight is 314 g/mol. The van der Waals surface area contributed by atoms with Crippen LogP contribution in [0.15, 0.2) is 24.4 Å². The van der Waals surface area contributed by atoms with Crippen LogP contribution in [-0.4, -0.2) is 37.2 Å². The van der Waals surface area contributed by atoms with Gasteiger partial charge < -0.3 is 10.6 Å². The van der Waals surface area contributed by atoms with Crippen molar-refractivity contribution >= 4 is 17.5 Å². The van der Waals surface area contributed by atoms with E-state index in [-0.39, 0.29) is 5.69 Å². The van der Waals surface area contributed by atoms with Crippen LogP contribution in [0.5, 0.6) is 0 Å². The van der Waals surface area contributed by atoms with Gasteiger partial charge in [-0.3, -0.25) is 0 Å². The van der Waals surface area contributed by atoms with Crippen molar-refractivity contribution in [3.05, 3.63) is 41.6 Å². The number of rotatable bonds is 4. The van der Waals surface area contributed by atoms with E-state index in [0.29, 0.717) is 23.3 Å². The minimum absolute atomic E-state index is 0.239. The molecule has 3 aromatic rings. The third kappa shape index (κ3) is 2.93. The molecule has 0 fully saturated rings. The maximum Gasteiger partial charge on any atom is 0.229 e. The number of halogens is 1. The van der Waals surface area contributed by atoms with Crippen molar-refractivity contribution in [2.45, 2.75) is 13.8 Å². The SMILES string of the molecule is CNc1nc(Nc2cc(-n3nnnc3C)ccc2F)ncc1C. The molecule has 1 aromatic carbocycles. The van der Waals surface area contributed by atoms with Gasteiger partial charge in [-0.15, -0.1) is 5.10 Å². The minimum atomic E-state index is -0.422. The first kappa shape index (κ1) is 14.8. The Morgan fingerprint density at radius 3 is 2.74 bits per heavy atom. The van der Waals surface area contributed by atoms with E-state index in [2.05, 4.69) is 36.1 Å². The molecule has 3 rings (SSSR count). The molecule has 0 aliphatic carbocycles. The summed E-state index contributed by atoms with van der Waals surface area (Å²) in [6.07, 6.45) is 1.66. The lowest BCUT2D eigenvalue weighted by Gasteiger charge is -2.10. The van der Waals surface area contributed by atoms with Gasteiger partial charge in [-0.1, -0.05) is 0 Å². The highest BCUT2D eigenvalue weighted by atomic mass is 19.1. The van der Waals surface area contributed by atoms with Crippen LogP contribution in [0.4, 0.5) is 21.8 Å². The molecular weight excluding hydrogens is 299 g/mol. The van der Waals surface area contributed by atoms with Crippen molar-refractivity contribution in [3.8, 4) is 5.69 Å². The molecule has 0 saturated carbocycles. The Labute approximate surface area is 131 Å². The summed E-state index contributed by atoms with van der Waals surface area (Å²) in [5.74, 6) is 1.15. The van der Waals surface area contributed by atoms with E-state index in [0.717, 1.165) is 5.56 Å². The van der Waals surface area contributed by atoms with Crippen LogP contribution in [-0.2, 0) is 0 Å². The number of tetrazole rings is 1. The minimum Gasteiger partial charge on any atom is -0.373 e. The van der Waals surface area contributed by atoms with Crippen LogP contribution >= 0.6 is 0 Å². The van der Waals surface area contributed by atoms with Crippen LogP contribution in [0.25, 0.3) is 5.69 Å². The monoisotopic (exact) mass is 314 g/mol. The zero-order chi connectivity index (χ0) is 16.4. The Morgan fingerprint density at radius 1 is 1.22 bits per heavy atom. The van der Waals surface area contributed by atoms with Crippen molar-refractivity contribution in [3.63, 3.8) is 0 Å². The molecule has 0 atom stereocenters. The van der Waals surface area contributed by atoms with E-state index in [1.165, 1.54) is 10.7 Å². The van der Waals surface area contributed by atoms with Crippen molar-refractivity contribution < 1.29 is 4.39 Å². The molecule has 0 radical (unpaired) electrons. The molecule has 0 saturated heterocycles. The van der Waals surface area contributed by atoms with E-state index in [4.69, 9.17) is 0 Å². The van der Waals surface area contributed by atoms with Crippen molar-refractivity contribution in [2.75, 3.05) is 17.7 Å². The van der Waals surface area contributed by atoms with Crippen molar-refractivity contribution in [1.82, 2.24) is 30.2 Å². The van der Waals surface area contributed by atoms with Crippen LogP contribution < -0.4 is 10.6 Å². The lowest BCUT2D eigenvalue weighted by atomic mass is 10.2. The predicted molar refractivity (Wildman–Crippen MR) is 83.4 cm³/mol. The second kappa shape index (κ2) is 5.95. The molecule has 118 valence electrons. The number of nitrogens with zero attached hydrogens (tertiary/aromatic N) is 6. The van der Waals surface area contributed by atoms with Gasteiger partial charge in [0.2, 0.25) is 5.95 Å². The normalized spacial score (nSPS) is 10.6. The maximum absolute atomic E-state index is 14.1. The van der Waals surface area contributed by atoms with Crippen LogP contribution in [0.3, 0.4) is 0 Å². The smallest absolute Gasteiger partial charge is 0.229 e. The molecule has 2 aromatic heterocycles. The number of hydrogen-bond acceptors (Lipinski definition) is 7. The van der Waals surface area contributed by atoms with Gasteiger partial charge in [0.1, 0.15) is 11.6 Å². The van der Waals surface area contributed by atoms with E-state index >= 15 is 0 Å². The Morgan fingerprint density at radius 2 is 2.04 bits per heavy atom. The van der Waals surface area contributed by atoms with Crippen molar-refractivity contribution in [1.29, 1.82) is 0 Å². The second-order valence-electron chi connectivity index (χ2n) is 4.90. The fraction of sp³-hybridized carbons (Fsp3) is 0.214. The van der Waals surface area contributed by atoms with E-state index in [1.807, 2.05) is 6.92 Å². The zero-order valence-electron chi connectivity index (χ0n) is 12.9. The molecule has 9 heteroatoms. The van der Waals surface area contributed by atoms with Gasteiger partial charge in [-0.05, 0) is 42.5 Å². The molecule has 2 heterocycles. The van der Waals surface area contributed by atoms with Gasteiger partial charge in [0, 0.05) is 18.8 Å². The molecule has 23 heavy (non-hydrogen) atoms. The number of anilines is 3. The Kier molecular flexibility index (Phi) is 3.83. The highest BCUT2D eigenvalue weighted by Crippen LogP contribution is 2.22. The lowest BCUT2D eigenvalue weighted by molar-refractivity contribution is 0.630. The maximum atomic E-state index is 14.1. The molecule has 2 N–H and O–H groups in total. The molecule has 0 aliphatic rings. The lowest BCUT2D eigenvalue weighted by Crippen LogP contribution is -2.05. The van der Waals surface area contributed by atoms with Gasteiger partial charge in [0.05, 0.1) is 11.4 Å². The average Bonchev–Trinajstić information content (AvgIpc) is 2.97. The number of aromatic nitrogens is 6. The first-order valence-electron chi connectivity index (χ1n) is 6.92. The molecule has 0 aliphatic heterocycles. The quantitative estimate of drug-likeness (QED) is 0.760. The van der Waals surface area contributed by atoms with Crippen molar-refractivity contribution in [2.24, 2.45) is 0 Å². The highest BCUT2D eigenvalue weighted by molar-refractivity contribution is 5.60. The Bertz CT molecular complexity index is 845. The van der Waals surface area contributed by atoms with Gasteiger partial charge >= 0.3 is 0 Å². The third-order valence-electron chi connectivity index (χ3n) is 3.27. The predicted octanol–water partition coefficient (Wildman–Crippen LogP) is 1.99. The largest absolute Gasteiger partial charge is 0.373 e. The third-order valence-corrected chi connectivity index (χ3v) is 3.27. The Balaban J connectivity index is 1.95. The summed E-state index contributed by atoms with van der Waals surface area (Å²) in [6.45, 7) is 3.65. The number of aryl methyl sites for hydroxylation is 2. The van der Waals surface area contributed by atoms with E-state index < -0.39 is 5.82 Å². The fourth-order valence-corrected chi connectivity index (χ4v) is 2.09. The fourth-order valence-electron chi connectivity index (χ4n) is 2.09. The van der Waals surface area contributed by atoms with E-state index in [1.54, 1.807) is 32.3 Å². The first-order chi connectivity index (χ1) is 11.1. The Hall–Kier alpha value is -3.10. The molecule has 0 bridgehead atoms. The summed E-state index contributed by atoms with van der Waals surface area (Å²) in [5.41, 5.74) is 1.78. The highest BCUT2D eigenvalue weighted by Gasteiger charge is 2.10. The van der Waals surface area contributed by atoms with Gasteiger partial charge in [-0.2, -0.15) is 9.67 Å². The summed E-state index contributed by atoms with van der Waals surface area (Å²) >= 11 is 0. The molecular formula is C14H15FN8.